The lowest BCUT2D eigenvalue weighted by molar-refractivity contribution is -0.0127. The van der Waals surface area contributed by atoms with Gasteiger partial charge in [0.25, 0.3) is 0 Å². The van der Waals surface area contributed by atoms with Gasteiger partial charge in [0, 0.05) is 51.6 Å². The largest absolute Gasteiger partial charge is 0.441 e. The second kappa shape index (κ2) is 11.8. The van der Waals surface area contributed by atoms with E-state index in [1.807, 2.05) is 4.90 Å². The predicted octanol–water partition coefficient (Wildman–Crippen LogP) is 2.85. The Morgan fingerprint density at radius 2 is 2.00 bits per heavy atom. The van der Waals surface area contributed by atoms with Crippen LogP contribution in [-0.2, 0) is 4.74 Å². The van der Waals surface area contributed by atoms with Gasteiger partial charge in [0.1, 0.15) is 5.60 Å². The van der Waals surface area contributed by atoms with Crippen molar-refractivity contribution >= 4 is 30.9 Å². The summed E-state index contributed by atoms with van der Waals surface area (Å²) in [5.41, 5.74) is -0.223. The molecule has 0 saturated carbocycles. The molecule has 3 aliphatic heterocycles. The van der Waals surface area contributed by atoms with Gasteiger partial charge in [0.05, 0.1) is 6.54 Å². The van der Waals surface area contributed by atoms with Crippen molar-refractivity contribution in [3.63, 3.8) is 0 Å². The summed E-state index contributed by atoms with van der Waals surface area (Å²) >= 11 is 0. The number of amides is 1. The van der Waals surface area contributed by atoms with Crippen molar-refractivity contribution in [2.75, 3.05) is 59.4 Å². The monoisotopic (exact) mass is 438 g/mol. The molecular weight excluding hydrogens is 399 g/mol. The van der Waals surface area contributed by atoms with E-state index in [4.69, 9.17) is 4.74 Å². The van der Waals surface area contributed by atoms with Gasteiger partial charge in [-0.05, 0) is 45.3 Å². The van der Waals surface area contributed by atoms with Crippen LogP contribution in [0.25, 0.3) is 0 Å². The zero-order chi connectivity index (χ0) is 18.6. The molecule has 1 atom stereocenters. The van der Waals surface area contributed by atoms with Crippen molar-refractivity contribution in [1.82, 2.24) is 20.0 Å². The molecule has 0 aromatic heterocycles. The lowest BCUT2D eigenvalue weighted by atomic mass is 9.89. The third-order valence-electron chi connectivity index (χ3n) is 6.18. The van der Waals surface area contributed by atoms with E-state index in [1.54, 1.807) is 0 Å². The molecule has 1 N–H and O–H groups in total. The van der Waals surface area contributed by atoms with Gasteiger partial charge < -0.3 is 19.9 Å². The van der Waals surface area contributed by atoms with Gasteiger partial charge in [0.2, 0.25) is 0 Å². The van der Waals surface area contributed by atoms with E-state index in [9.17, 15) is 4.79 Å². The quantitative estimate of drug-likeness (QED) is 0.661. The Morgan fingerprint density at radius 1 is 1.29 bits per heavy atom. The Hall–Kier alpha value is -0.270. The lowest BCUT2D eigenvalue weighted by Crippen LogP contribution is -2.53. The van der Waals surface area contributed by atoms with E-state index in [2.05, 4.69) is 36.0 Å². The Kier molecular flexibility index (Phi) is 10.9. The highest BCUT2D eigenvalue weighted by molar-refractivity contribution is 5.85. The standard InChI is InChI=1S/C20H38N4O2.2ClH/c1-17(2)15-22(3)10-5-11-24-16-20(26-19(24)25)7-12-23(13-8-20)18-6-4-9-21-14-18;;/h17-18,21H,4-16H2,1-3H3;2*1H. The number of carbonyl (C=O) groups is 1. The summed E-state index contributed by atoms with van der Waals surface area (Å²) in [5.74, 6) is 0.685. The van der Waals surface area contributed by atoms with Crippen LogP contribution in [0.1, 0.15) is 46.0 Å². The molecule has 1 spiro atoms. The third-order valence-corrected chi connectivity index (χ3v) is 6.18. The van der Waals surface area contributed by atoms with E-state index >= 15 is 0 Å². The molecule has 0 radical (unpaired) electrons. The summed E-state index contributed by atoms with van der Waals surface area (Å²) in [5, 5.41) is 3.51. The Bertz CT molecular complexity index is 467. The molecule has 1 amide bonds. The van der Waals surface area contributed by atoms with Crippen LogP contribution in [0.4, 0.5) is 4.79 Å². The van der Waals surface area contributed by atoms with E-state index in [1.165, 1.54) is 12.8 Å². The van der Waals surface area contributed by atoms with Crippen LogP contribution in [0.5, 0.6) is 0 Å². The van der Waals surface area contributed by atoms with Gasteiger partial charge in [-0.1, -0.05) is 13.8 Å². The van der Waals surface area contributed by atoms with Crippen molar-refractivity contribution in [3.8, 4) is 0 Å². The molecule has 3 saturated heterocycles. The summed E-state index contributed by atoms with van der Waals surface area (Å²) in [4.78, 5) is 19.3. The number of hydrogen-bond donors (Lipinski definition) is 1. The summed E-state index contributed by atoms with van der Waals surface area (Å²) < 4.78 is 5.89. The number of rotatable bonds is 7. The maximum absolute atomic E-state index is 12.4. The molecular formula is C20H40Cl2N4O2. The Labute approximate surface area is 183 Å². The van der Waals surface area contributed by atoms with Gasteiger partial charge in [-0.15, -0.1) is 24.8 Å². The first-order chi connectivity index (χ1) is 12.5. The molecule has 3 fully saturated rings. The highest BCUT2D eigenvalue weighted by atomic mass is 35.5. The molecule has 6 nitrogen and oxygen atoms in total. The summed E-state index contributed by atoms with van der Waals surface area (Å²) in [6.45, 7) is 12.6. The van der Waals surface area contributed by atoms with Crippen molar-refractivity contribution < 1.29 is 9.53 Å². The van der Waals surface area contributed by atoms with Crippen molar-refractivity contribution in [2.24, 2.45) is 5.92 Å². The van der Waals surface area contributed by atoms with Crippen molar-refractivity contribution in [1.29, 1.82) is 0 Å². The fourth-order valence-electron chi connectivity index (χ4n) is 4.81. The minimum absolute atomic E-state index is 0. The lowest BCUT2D eigenvalue weighted by Gasteiger charge is -2.42. The van der Waals surface area contributed by atoms with E-state index in [0.717, 1.165) is 71.6 Å². The number of hydrogen-bond acceptors (Lipinski definition) is 5. The van der Waals surface area contributed by atoms with Crippen LogP contribution >= 0.6 is 24.8 Å². The van der Waals surface area contributed by atoms with Gasteiger partial charge in [-0.3, -0.25) is 4.90 Å². The minimum Gasteiger partial charge on any atom is -0.441 e. The zero-order valence-corrected chi connectivity index (χ0v) is 19.5. The van der Waals surface area contributed by atoms with Crippen molar-refractivity contribution in [2.45, 2.75) is 57.6 Å². The first kappa shape index (κ1) is 25.8. The van der Waals surface area contributed by atoms with Gasteiger partial charge in [-0.25, -0.2) is 4.79 Å². The van der Waals surface area contributed by atoms with E-state index < -0.39 is 0 Å². The molecule has 3 rings (SSSR count). The SMILES string of the molecule is CC(C)CN(C)CCCN1CC2(CCN(C3CCCNC3)CC2)OC1=O.Cl.Cl. The molecule has 0 bridgehead atoms. The summed E-state index contributed by atoms with van der Waals surface area (Å²) in [6.07, 6.45) is 5.48. The molecule has 0 aromatic carbocycles. The number of ether oxygens (including phenoxy) is 1. The van der Waals surface area contributed by atoms with Crippen LogP contribution in [0.15, 0.2) is 0 Å². The van der Waals surface area contributed by atoms with E-state index in [0.29, 0.717) is 12.0 Å². The molecule has 1 unspecified atom stereocenters. The minimum atomic E-state index is -0.223. The third kappa shape index (κ3) is 6.91. The van der Waals surface area contributed by atoms with Crippen molar-refractivity contribution in [3.05, 3.63) is 0 Å². The van der Waals surface area contributed by atoms with Crippen LogP contribution in [0.3, 0.4) is 0 Å². The van der Waals surface area contributed by atoms with Crippen LogP contribution in [-0.4, -0.2) is 91.8 Å². The predicted molar refractivity (Wildman–Crippen MR) is 119 cm³/mol. The summed E-state index contributed by atoms with van der Waals surface area (Å²) in [6, 6.07) is 0.672. The average Bonchev–Trinajstić information content (AvgIpc) is 2.91. The van der Waals surface area contributed by atoms with Crippen LogP contribution in [0.2, 0.25) is 0 Å². The Balaban J connectivity index is 0.00000196. The number of nitrogens with one attached hydrogen (secondary N) is 1. The molecule has 0 aromatic rings. The van der Waals surface area contributed by atoms with Gasteiger partial charge >= 0.3 is 6.09 Å². The normalized spacial score (nSPS) is 25.0. The van der Waals surface area contributed by atoms with Crippen LogP contribution < -0.4 is 5.32 Å². The van der Waals surface area contributed by atoms with Gasteiger partial charge in [-0.2, -0.15) is 0 Å². The maximum atomic E-state index is 12.4. The molecule has 166 valence electrons. The molecule has 3 aliphatic rings. The maximum Gasteiger partial charge on any atom is 0.410 e. The number of nitrogens with zero attached hydrogens (tertiary/aromatic N) is 3. The molecule has 3 heterocycles. The topological polar surface area (TPSA) is 48.0 Å². The number of halogens is 2. The molecule has 0 aliphatic carbocycles. The second-order valence-corrected chi connectivity index (χ2v) is 9.02. The number of likely N-dealkylation sites (tertiary alicyclic amines) is 1. The first-order valence-corrected chi connectivity index (χ1v) is 10.6. The summed E-state index contributed by atoms with van der Waals surface area (Å²) in [7, 11) is 2.17. The zero-order valence-electron chi connectivity index (χ0n) is 17.8. The highest BCUT2D eigenvalue weighted by Gasteiger charge is 2.47. The molecule has 28 heavy (non-hydrogen) atoms. The van der Waals surface area contributed by atoms with Gasteiger partial charge in [0.15, 0.2) is 0 Å². The number of piperidine rings is 2. The average molecular weight is 439 g/mol. The fraction of sp³-hybridized carbons (Fsp3) is 0.950. The van der Waals surface area contributed by atoms with Crippen LogP contribution in [0, 0.1) is 5.92 Å². The van der Waals surface area contributed by atoms with E-state index in [-0.39, 0.29) is 36.5 Å². The number of carbonyl (C=O) groups excluding carboxylic acids is 1. The first-order valence-electron chi connectivity index (χ1n) is 10.6. The smallest absolute Gasteiger partial charge is 0.410 e. The Morgan fingerprint density at radius 3 is 2.61 bits per heavy atom. The highest BCUT2D eigenvalue weighted by Crippen LogP contribution is 2.34. The molecule has 8 heteroatoms. The second-order valence-electron chi connectivity index (χ2n) is 9.02. The fourth-order valence-corrected chi connectivity index (χ4v) is 4.81.